The number of carbonyl (C=O) groups is 1. The number of nitrogens with one attached hydrogen (secondary N) is 1. The summed E-state index contributed by atoms with van der Waals surface area (Å²) in [6, 6.07) is 3.44. The van der Waals surface area contributed by atoms with Crippen molar-refractivity contribution in [3.05, 3.63) is 36.4 Å². The van der Waals surface area contributed by atoms with Crippen molar-refractivity contribution in [2.24, 2.45) is 0 Å². The highest BCUT2D eigenvalue weighted by Crippen LogP contribution is 2.08. The van der Waals surface area contributed by atoms with Crippen LogP contribution < -0.4 is 10.1 Å². The zero-order valence-corrected chi connectivity index (χ0v) is 11.9. The van der Waals surface area contributed by atoms with E-state index in [1.807, 2.05) is 0 Å². The van der Waals surface area contributed by atoms with Gasteiger partial charge in [0.1, 0.15) is 23.8 Å². The third kappa shape index (κ3) is 7.35. The number of halogens is 1. The molecule has 0 atom stereocenters. The molecule has 0 spiro atoms. The summed E-state index contributed by atoms with van der Waals surface area (Å²) in [6.45, 7) is 5.04. The summed E-state index contributed by atoms with van der Waals surface area (Å²) >= 11 is 0. The maximum atomic E-state index is 13.4. The molecule has 0 aliphatic heterocycles. The predicted molar refractivity (Wildman–Crippen MR) is 73.2 cm³/mol. The fraction of sp³-hybridized carbons (Fsp3) is 0.429. The Morgan fingerprint density at radius 3 is 2.85 bits per heavy atom. The number of ether oxygens (including phenoxy) is 2. The lowest BCUT2D eigenvalue weighted by Crippen LogP contribution is -2.33. The summed E-state index contributed by atoms with van der Waals surface area (Å²) in [5.74, 6) is 0.0522. The fourth-order valence-corrected chi connectivity index (χ4v) is 1.20. The summed E-state index contributed by atoms with van der Waals surface area (Å²) in [6.07, 6.45) is 3.73. The van der Waals surface area contributed by atoms with Crippen LogP contribution in [0.25, 0.3) is 0 Å². The van der Waals surface area contributed by atoms with E-state index in [0.717, 1.165) is 0 Å². The Labute approximate surface area is 117 Å². The van der Waals surface area contributed by atoms with Gasteiger partial charge in [-0.05, 0) is 39.0 Å². The van der Waals surface area contributed by atoms with E-state index in [1.54, 1.807) is 39.1 Å². The van der Waals surface area contributed by atoms with E-state index in [9.17, 15) is 9.18 Å². The molecule has 1 aromatic heterocycles. The van der Waals surface area contributed by atoms with Gasteiger partial charge in [0.25, 0.3) is 0 Å². The van der Waals surface area contributed by atoms with E-state index in [-0.39, 0.29) is 13.2 Å². The minimum Gasteiger partial charge on any atom is -0.488 e. The van der Waals surface area contributed by atoms with Crippen LogP contribution in [0.5, 0.6) is 5.75 Å². The lowest BCUT2D eigenvalue weighted by molar-refractivity contribution is 0.0529. The molecule has 5 nitrogen and oxygen atoms in total. The number of hydrogen-bond donors (Lipinski definition) is 1. The average Bonchev–Trinajstić information content (AvgIpc) is 2.36. The molecular weight excluding hydrogens is 263 g/mol. The lowest BCUT2D eigenvalue weighted by atomic mass is 10.2. The van der Waals surface area contributed by atoms with Crippen LogP contribution in [0.15, 0.2) is 36.4 Å². The molecule has 6 heteroatoms. The van der Waals surface area contributed by atoms with Gasteiger partial charge < -0.3 is 14.8 Å². The number of rotatable bonds is 5. The van der Waals surface area contributed by atoms with Gasteiger partial charge in [-0.15, -0.1) is 0 Å². The second-order valence-corrected chi connectivity index (χ2v) is 5.01. The van der Waals surface area contributed by atoms with Crippen LogP contribution in [0.4, 0.5) is 9.18 Å². The first kappa shape index (κ1) is 15.9. The molecule has 1 heterocycles. The highest BCUT2D eigenvalue weighted by molar-refractivity contribution is 5.67. The Bertz CT molecular complexity index is 455. The standard InChI is InChI=1S/C14H19FN2O3/c1-14(2,3)20-13(18)17-9-11(15)6-8-19-12-5-4-7-16-10-12/h4-7,10H,8-9H2,1-3H3,(H,17,18)/b11-6-. The number of alkyl carbamates (subject to hydrolysis) is 1. The Kier molecular flexibility index (Phi) is 5.96. The van der Waals surface area contributed by atoms with E-state index in [4.69, 9.17) is 9.47 Å². The highest BCUT2D eigenvalue weighted by Gasteiger charge is 2.15. The number of aromatic nitrogens is 1. The van der Waals surface area contributed by atoms with Crippen LogP contribution in [-0.4, -0.2) is 29.8 Å². The van der Waals surface area contributed by atoms with Crippen molar-refractivity contribution in [3.63, 3.8) is 0 Å². The van der Waals surface area contributed by atoms with Gasteiger partial charge in [-0.1, -0.05) is 0 Å². The molecule has 20 heavy (non-hydrogen) atoms. The average molecular weight is 282 g/mol. The molecule has 0 aliphatic carbocycles. The van der Waals surface area contributed by atoms with Crippen molar-refractivity contribution in [1.29, 1.82) is 0 Å². The number of carbonyl (C=O) groups excluding carboxylic acids is 1. The van der Waals surface area contributed by atoms with Crippen LogP contribution in [0.1, 0.15) is 20.8 Å². The zero-order chi connectivity index (χ0) is 15.0. The first-order valence-electron chi connectivity index (χ1n) is 6.21. The molecule has 110 valence electrons. The molecule has 0 radical (unpaired) electrons. The summed E-state index contributed by atoms with van der Waals surface area (Å²) in [4.78, 5) is 15.2. The van der Waals surface area contributed by atoms with Crippen molar-refractivity contribution < 1.29 is 18.7 Å². The lowest BCUT2D eigenvalue weighted by Gasteiger charge is -2.19. The van der Waals surface area contributed by atoms with Crippen molar-refractivity contribution in [3.8, 4) is 5.75 Å². The third-order valence-electron chi connectivity index (χ3n) is 1.99. The van der Waals surface area contributed by atoms with Gasteiger partial charge >= 0.3 is 6.09 Å². The van der Waals surface area contributed by atoms with Crippen molar-refractivity contribution >= 4 is 6.09 Å². The number of hydrogen-bond acceptors (Lipinski definition) is 4. The molecule has 0 saturated carbocycles. The van der Waals surface area contributed by atoms with Gasteiger partial charge in [0.2, 0.25) is 0 Å². The highest BCUT2D eigenvalue weighted by atomic mass is 19.1. The van der Waals surface area contributed by atoms with Crippen molar-refractivity contribution in [2.75, 3.05) is 13.2 Å². The number of pyridine rings is 1. The third-order valence-corrected chi connectivity index (χ3v) is 1.99. The molecule has 1 rings (SSSR count). The first-order valence-corrected chi connectivity index (χ1v) is 6.21. The summed E-state index contributed by atoms with van der Waals surface area (Å²) < 4.78 is 23.6. The van der Waals surface area contributed by atoms with Gasteiger partial charge in [-0.25, -0.2) is 9.18 Å². The second-order valence-electron chi connectivity index (χ2n) is 5.01. The summed E-state index contributed by atoms with van der Waals surface area (Å²) in [5.41, 5.74) is -0.603. The van der Waals surface area contributed by atoms with E-state index in [1.165, 1.54) is 12.3 Å². The fourth-order valence-electron chi connectivity index (χ4n) is 1.20. The number of amides is 1. The van der Waals surface area contributed by atoms with Crippen molar-refractivity contribution in [1.82, 2.24) is 10.3 Å². The molecule has 0 saturated heterocycles. The van der Waals surface area contributed by atoms with Crippen LogP contribution >= 0.6 is 0 Å². The quantitative estimate of drug-likeness (QED) is 0.902. The van der Waals surface area contributed by atoms with Gasteiger partial charge in [0.05, 0.1) is 12.7 Å². The molecule has 1 aromatic rings. The maximum absolute atomic E-state index is 13.4. The van der Waals surface area contributed by atoms with E-state index in [2.05, 4.69) is 10.3 Å². The topological polar surface area (TPSA) is 60.5 Å². The smallest absolute Gasteiger partial charge is 0.408 e. The Morgan fingerprint density at radius 1 is 1.50 bits per heavy atom. The largest absolute Gasteiger partial charge is 0.488 e. The molecular formula is C14H19FN2O3. The second kappa shape index (κ2) is 7.47. The van der Waals surface area contributed by atoms with E-state index in [0.29, 0.717) is 5.75 Å². The molecule has 0 fully saturated rings. The maximum Gasteiger partial charge on any atom is 0.408 e. The first-order chi connectivity index (χ1) is 9.37. The monoisotopic (exact) mass is 282 g/mol. The minimum atomic E-state index is -0.658. The SMILES string of the molecule is CC(C)(C)OC(=O)NC/C(F)=C/COc1cccnc1. The van der Waals surface area contributed by atoms with Crippen molar-refractivity contribution in [2.45, 2.75) is 26.4 Å². The Hall–Kier alpha value is -2.11. The van der Waals surface area contributed by atoms with E-state index >= 15 is 0 Å². The van der Waals surface area contributed by atoms with Crippen LogP contribution in [0, 0.1) is 0 Å². The number of nitrogens with zero attached hydrogens (tertiary/aromatic N) is 1. The minimum absolute atomic E-state index is 0.0630. The molecule has 1 amide bonds. The van der Waals surface area contributed by atoms with Crippen LogP contribution in [-0.2, 0) is 4.74 Å². The van der Waals surface area contributed by atoms with E-state index < -0.39 is 17.5 Å². The normalized spacial score (nSPS) is 11.9. The molecule has 0 bridgehead atoms. The zero-order valence-electron chi connectivity index (χ0n) is 11.9. The van der Waals surface area contributed by atoms with Gasteiger partial charge in [-0.2, -0.15) is 0 Å². The van der Waals surface area contributed by atoms with Gasteiger partial charge in [-0.3, -0.25) is 4.98 Å². The molecule has 0 aliphatic rings. The molecule has 0 aromatic carbocycles. The predicted octanol–water partition coefficient (Wildman–Crippen LogP) is 2.84. The molecule has 1 N–H and O–H groups in total. The molecule has 0 unspecified atom stereocenters. The van der Waals surface area contributed by atoms with Crippen LogP contribution in [0.3, 0.4) is 0 Å². The Balaban J connectivity index is 2.27. The Morgan fingerprint density at radius 2 is 2.25 bits per heavy atom. The van der Waals surface area contributed by atoms with Gasteiger partial charge in [0.15, 0.2) is 0 Å². The summed E-state index contributed by atoms with van der Waals surface area (Å²) in [7, 11) is 0. The van der Waals surface area contributed by atoms with Crippen LogP contribution in [0.2, 0.25) is 0 Å². The summed E-state index contributed by atoms with van der Waals surface area (Å²) in [5, 5.41) is 2.32. The van der Waals surface area contributed by atoms with Gasteiger partial charge in [0, 0.05) is 6.20 Å².